The van der Waals surface area contributed by atoms with Gasteiger partial charge in [-0.1, -0.05) is 64.7 Å². The molecule has 4 nitrogen and oxygen atoms in total. The number of urea groups is 1. The van der Waals surface area contributed by atoms with E-state index < -0.39 is 0 Å². The monoisotopic (exact) mass is 294 g/mol. The summed E-state index contributed by atoms with van der Waals surface area (Å²) in [6.45, 7) is 2.25. The first-order valence-electron chi connectivity index (χ1n) is 8.81. The lowest BCUT2D eigenvalue weighted by atomic mass is 9.63. The number of unbranched alkanes of at least 4 members (excludes halogenated alkanes) is 8. The van der Waals surface area contributed by atoms with Gasteiger partial charge in [0, 0.05) is 0 Å². The lowest BCUT2D eigenvalue weighted by molar-refractivity contribution is -0.133. The van der Waals surface area contributed by atoms with Crippen molar-refractivity contribution in [3.8, 4) is 0 Å². The molecule has 2 rings (SSSR count). The van der Waals surface area contributed by atoms with Crippen molar-refractivity contribution in [2.45, 2.75) is 89.5 Å². The van der Waals surface area contributed by atoms with E-state index in [1.807, 2.05) is 0 Å². The number of hydrogen-bond donors (Lipinski definition) is 2. The van der Waals surface area contributed by atoms with Gasteiger partial charge in [-0.15, -0.1) is 0 Å². The minimum Gasteiger partial charge on any atom is -0.332 e. The predicted molar refractivity (Wildman–Crippen MR) is 84.0 cm³/mol. The van der Waals surface area contributed by atoms with Gasteiger partial charge in [0.05, 0.1) is 11.5 Å². The molecule has 2 aliphatic rings. The van der Waals surface area contributed by atoms with Crippen LogP contribution in [0.2, 0.25) is 0 Å². The Morgan fingerprint density at radius 3 is 2.19 bits per heavy atom. The van der Waals surface area contributed by atoms with Gasteiger partial charge in [-0.2, -0.15) is 0 Å². The maximum atomic E-state index is 11.8. The maximum absolute atomic E-state index is 11.8. The number of nitrogens with one attached hydrogen (secondary N) is 2. The molecule has 1 aliphatic heterocycles. The molecule has 0 aromatic carbocycles. The van der Waals surface area contributed by atoms with Gasteiger partial charge in [0.15, 0.2) is 0 Å². The first-order valence-corrected chi connectivity index (χ1v) is 8.81. The zero-order valence-electron chi connectivity index (χ0n) is 13.4. The molecule has 2 atom stereocenters. The predicted octanol–water partition coefficient (Wildman–Crippen LogP) is 3.90. The van der Waals surface area contributed by atoms with E-state index in [-0.39, 0.29) is 23.4 Å². The average Bonchev–Trinajstić information content (AvgIpc) is 2.41. The molecular formula is C17H30N2O2. The molecule has 120 valence electrons. The van der Waals surface area contributed by atoms with Gasteiger partial charge < -0.3 is 5.32 Å². The van der Waals surface area contributed by atoms with Crippen molar-refractivity contribution in [2.75, 3.05) is 0 Å². The lowest BCUT2D eigenvalue weighted by Gasteiger charge is -2.51. The van der Waals surface area contributed by atoms with E-state index in [0.29, 0.717) is 0 Å². The quantitative estimate of drug-likeness (QED) is 0.600. The Labute approximate surface area is 128 Å². The number of imide groups is 1. The molecule has 4 heteroatoms. The van der Waals surface area contributed by atoms with E-state index in [4.69, 9.17) is 0 Å². The number of rotatable bonds is 10. The third-order valence-electron chi connectivity index (χ3n) is 5.19. The summed E-state index contributed by atoms with van der Waals surface area (Å²) in [6.07, 6.45) is 14.6. The van der Waals surface area contributed by atoms with Crippen LogP contribution in [0.3, 0.4) is 0 Å². The number of fused-ring (bicyclic) bond motifs is 1. The smallest absolute Gasteiger partial charge is 0.321 e. The SMILES string of the molecule is CCCCCCCCCCC[C@@]12CC[C@@H]1C(=O)NC(=O)N2. The topological polar surface area (TPSA) is 58.2 Å². The van der Waals surface area contributed by atoms with Crippen LogP contribution in [0.4, 0.5) is 4.79 Å². The summed E-state index contributed by atoms with van der Waals surface area (Å²) in [5.41, 5.74) is -0.208. The molecule has 0 aromatic heterocycles. The van der Waals surface area contributed by atoms with Crippen LogP contribution in [0, 0.1) is 5.92 Å². The zero-order valence-corrected chi connectivity index (χ0v) is 13.4. The summed E-state index contributed by atoms with van der Waals surface area (Å²) in [7, 11) is 0. The van der Waals surface area contributed by atoms with Gasteiger partial charge in [-0.05, 0) is 19.3 Å². The molecule has 1 saturated carbocycles. The summed E-state index contributed by atoms with van der Waals surface area (Å²) in [6, 6.07) is -0.299. The van der Waals surface area contributed by atoms with E-state index in [9.17, 15) is 9.59 Å². The van der Waals surface area contributed by atoms with Crippen molar-refractivity contribution in [1.29, 1.82) is 0 Å². The molecule has 0 spiro atoms. The molecule has 2 N–H and O–H groups in total. The Kier molecular flexibility index (Phi) is 6.07. The van der Waals surface area contributed by atoms with Crippen LogP contribution < -0.4 is 10.6 Å². The van der Waals surface area contributed by atoms with Crippen LogP contribution in [0.5, 0.6) is 0 Å². The van der Waals surface area contributed by atoms with Crippen LogP contribution in [0.15, 0.2) is 0 Å². The van der Waals surface area contributed by atoms with Gasteiger partial charge in [-0.25, -0.2) is 4.79 Å². The maximum Gasteiger partial charge on any atom is 0.321 e. The largest absolute Gasteiger partial charge is 0.332 e. The van der Waals surface area contributed by atoms with E-state index in [1.165, 1.54) is 51.4 Å². The molecule has 21 heavy (non-hydrogen) atoms. The number of carbonyl (C=O) groups is 2. The molecule has 2 fully saturated rings. The van der Waals surface area contributed by atoms with Crippen molar-refractivity contribution in [3.63, 3.8) is 0 Å². The number of hydrogen-bond acceptors (Lipinski definition) is 2. The van der Waals surface area contributed by atoms with Crippen LogP contribution >= 0.6 is 0 Å². The molecule has 0 radical (unpaired) electrons. The molecule has 1 saturated heterocycles. The van der Waals surface area contributed by atoms with Crippen molar-refractivity contribution in [3.05, 3.63) is 0 Å². The second-order valence-corrected chi connectivity index (χ2v) is 6.77. The van der Waals surface area contributed by atoms with Gasteiger partial charge in [-0.3, -0.25) is 10.1 Å². The Bertz CT molecular complexity index is 370. The fourth-order valence-corrected chi connectivity index (χ4v) is 3.74. The Morgan fingerprint density at radius 1 is 1.00 bits per heavy atom. The van der Waals surface area contributed by atoms with Crippen LogP contribution in [-0.4, -0.2) is 17.5 Å². The Balaban J connectivity index is 1.56. The molecule has 0 unspecified atom stereocenters. The first kappa shape index (κ1) is 16.3. The van der Waals surface area contributed by atoms with Crippen molar-refractivity contribution < 1.29 is 9.59 Å². The highest BCUT2D eigenvalue weighted by Crippen LogP contribution is 2.44. The van der Waals surface area contributed by atoms with Gasteiger partial charge in [0.25, 0.3) is 0 Å². The summed E-state index contributed by atoms with van der Waals surface area (Å²) < 4.78 is 0. The molecule has 3 amide bonds. The molecule has 0 aromatic rings. The lowest BCUT2D eigenvalue weighted by Crippen LogP contribution is -2.71. The third kappa shape index (κ3) is 4.21. The van der Waals surface area contributed by atoms with Crippen LogP contribution in [0.25, 0.3) is 0 Å². The van der Waals surface area contributed by atoms with Crippen LogP contribution in [-0.2, 0) is 4.79 Å². The molecule has 1 aliphatic carbocycles. The fraction of sp³-hybridized carbons (Fsp3) is 0.882. The van der Waals surface area contributed by atoms with Gasteiger partial charge in [0.2, 0.25) is 5.91 Å². The minimum absolute atomic E-state index is 0.0178. The fourth-order valence-electron chi connectivity index (χ4n) is 3.74. The van der Waals surface area contributed by atoms with Crippen LogP contribution in [0.1, 0.15) is 84.0 Å². The normalized spacial score (nSPS) is 27.6. The van der Waals surface area contributed by atoms with Crippen molar-refractivity contribution in [1.82, 2.24) is 10.6 Å². The molecular weight excluding hydrogens is 264 g/mol. The van der Waals surface area contributed by atoms with Crippen molar-refractivity contribution >= 4 is 11.9 Å². The Hall–Kier alpha value is -1.06. The average molecular weight is 294 g/mol. The number of carbonyl (C=O) groups excluding carboxylic acids is 2. The first-order chi connectivity index (χ1) is 10.2. The highest BCUT2D eigenvalue weighted by atomic mass is 16.2. The van der Waals surface area contributed by atoms with Gasteiger partial charge in [0.1, 0.15) is 0 Å². The summed E-state index contributed by atoms with van der Waals surface area (Å²) in [5, 5.41) is 5.40. The minimum atomic E-state index is -0.299. The van der Waals surface area contributed by atoms with E-state index in [1.54, 1.807) is 0 Å². The number of amides is 3. The standard InChI is InChI=1S/C17H30N2O2/c1-2-3-4-5-6-7-8-9-10-12-17-13-11-14(17)15(20)18-16(21)19-17/h14H,2-13H2,1H3,(H2,18,19,20,21)/t14-,17-/m1/s1. The summed E-state index contributed by atoms with van der Waals surface area (Å²) in [5.74, 6) is -0.0508. The van der Waals surface area contributed by atoms with E-state index in [0.717, 1.165) is 25.7 Å². The van der Waals surface area contributed by atoms with E-state index >= 15 is 0 Å². The molecule has 0 bridgehead atoms. The van der Waals surface area contributed by atoms with Gasteiger partial charge >= 0.3 is 6.03 Å². The van der Waals surface area contributed by atoms with Crippen molar-refractivity contribution in [2.24, 2.45) is 5.92 Å². The highest BCUT2D eigenvalue weighted by Gasteiger charge is 2.54. The summed E-state index contributed by atoms with van der Waals surface area (Å²) in [4.78, 5) is 23.2. The second-order valence-electron chi connectivity index (χ2n) is 6.77. The summed E-state index contributed by atoms with van der Waals surface area (Å²) >= 11 is 0. The highest BCUT2D eigenvalue weighted by molar-refractivity contribution is 6.00. The third-order valence-corrected chi connectivity index (χ3v) is 5.19. The Morgan fingerprint density at radius 2 is 1.62 bits per heavy atom. The second kappa shape index (κ2) is 7.81. The molecule has 1 heterocycles. The zero-order chi connectivity index (χ0) is 15.1. The van der Waals surface area contributed by atoms with E-state index in [2.05, 4.69) is 17.6 Å².